The highest BCUT2D eigenvalue weighted by Gasteiger charge is 2.11. The molecular weight excluding hydrogens is 336 g/mol. The van der Waals surface area contributed by atoms with Crippen molar-refractivity contribution < 1.29 is 4.79 Å². The molecule has 0 saturated carbocycles. The summed E-state index contributed by atoms with van der Waals surface area (Å²) in [5.74, 6) is 0.232. The molecule has 2 N–H and O–H groups in total. The van der Waals surface area contributed by atoms with Gasteiger partial charge in [0, 0.05) is 18.4 Å². The molecule has 0 aliphatic rings. The Labute approximate surface area is 159 Å². The quantitative estimate of drug-likeness (QED) is 0.613. The van der Waals surface area contributed by atoms with Crippen molar-refractivity contribution in [3.63, 3.8) is 0 Å². The second-order valence-electron chi connectivity index (χ2n) is 6.48. The Hall–Kier alpha value is -3.21. The summed E-state index contributed by atoms with van der Waals surface area (Å²) in [7, 11) is 0. The fourth-order valence-corrected chi connectivity index (χ4v) is 2.78. The molecule has 5 nitrogen and oxygen atoms in total. The molecule has 0 radical (unpaired) electrons. The fourth-order valence-electron chi connectivity index (χ4n) is 2.78. The van der Waals surface area contributed by atoms with E-state index in [9.17, 15) is 4.79 Å². The second-order valence-corrected chi connectivity index (χ2v) is 6.48. The van der Waals surface area contributed by atoms with Crippen LogP contribution in [0, 0.1) is 13.8 Å². The Bertz CT molecular complexity index is 909. The number of benzene rings is 2. The summed E-state index contributed by atoms with van der Waals surface area (Å²) in [5.41, 5.74) is 4.64. The number of amides is 1. The molecule has 3 rings (SSSR count). The topological polar surface area (TPSA) is 66.9 Å². The third kappa shape index (κ3) is 5.14. The Morgan fingerprint density at radius 3 is 2.63 bits per heavy atom. The van der Waals surface area contributed by atoms with Gasteiger partial charge in [-0.3, -0.25) is 4.79 Å². The van der Waals surface area contributed by atoms with Crippen LogP contribution in [0.5, 0.6) is 0 Å². The molecule has 27 heavy (non-hydrogen) atoms. The summed E-state index contributed by atoms with van der Waals surface area (Å²) in [5, 5.41) is 6.12. The summed E-state index contributed by atoms with van der Waals surface area (Å²) < 4.78 is 0. The van der Waals surface area contributed by atoms with Crippen molar-refractivity contribution >= 4 is 17.5 Å². The smallest absolute Gasteiger partial charge is 0.274 e. The zero-order valence-corrected chi connectivity index (χ0v) is 15.7. The molecule has 5 heteroatoms. The van der Waals surface area contributed by atoms with Gasteiger partial charge in [0.05, 0.1) is 0 Å². The highest BCUT2D eigenvalue weighted by Crippen LogP contribution is 2.18. The number of aromatic nitrogens is 2. The lowest BCUT2D eigenvalue weighted by atomic mass is 10.1. The first-order valence-corrected chi connectivity index (χ1v) is 9.12. The molecule has 1 amide bonds. The van der Waals surface area contributed by atoms with E-state index in [1.54, 1.807) is 12.3 Å². The lowest BCUT2D eigenvalue weighted by Crippen LogP contribution is -2.16. The SMILES string of the molecule is Cc1cccc(NC(=O)c2ccnc(NCCCc3ccccc3)n2)c1C. The average molecular weight is 360 g/mol. The number of carbonyl (C=O) groups excluding carboxylic acids is 1. The van der Waals surface area contributed by atoms with E-state index in [0.717, 1.165) is 36.2 Å². The van der Waals surface area contributed by atoms with Crippen molar-refractivity contribution in [1.29, 1.82) is 0 Å². The molecule has 0 spiro atoms. The minimum atomic E-state index is -0.238. The minimum absolute atomic E-state index is 0.238. The second kappa shape index (κ2) is 8.94. The maximum Gasteiger partial charge on any atom is 0.274 e. The van der Waals surface area contributed by atoms with Gasteiger partial charge in [-0.05, 0) is 55.5 Å². The van der Waals surface area contributed by atoms with E-state index in [0.29, 0.717) is 11.6 Å². The van der Waals surface area contributed by atoms with Gasteiger partial charge in [0.15, 0.2) is 0 Å². The molecule has 0 fully saturated rings. The van der Waals surface area contributed by atoms with Gasteiger partial charge in [-0.1, -0.05) is 42.5 Å². The molecule has 2 aromatic carbocycles. The van der Waals surface area contributed by atoms with Crippen molar-refractivity contribution in [2.75, 3.05) is 17.2 Å². The zero-order chi connectivity index (χ0) is 19.1. The maximum absolute atomic E-state index is 12.5. The monoisotopic (exact) mass is 360 g/mol. The lowest BCUT2D eigenvalue weighted by molar-refractivity contribution is 0.102. The maximum atomic E-state index is 12.5. The standard InChI is InChI=1S/C22H24N4O/c1-16-8-6-12-19(17(16)2)25-21(27)20-13-15-24-22(26-20)23-14-7-11-18-9-4-3-5-10-18/h3-6,8-10,12-13,15H,7,11,14H2,1-2H3,(H,25,27)(H,23,24,26). The number of rotatable bonds is 7. The van der Waals surface area contributed by atoms with Crippen LogP contribution in [0.3, 0.4) is 0 Å². The molecular formula is C22H24N4O. The summed E-state index contributed by atoms with van der Waals surface area (Å²) in [6, 6.07) is 17.8. The molecule has 1 heterocycles. The van der Waals surface area contributed by atoms with Crippen LogP contribution >= 0.6 is 0 Å². The van der Waals surface area contributed by atoms with Gasteiger partial charge in [-0.15, -0.1) is 0 Å². The molecule has 138 valence electrons. The number of nitrogens with one attached hydrogen (secondary N) is 2. The van der Waals surface area contributed by atoms with Gasteiger partial charge in [-0.25, -0.2) is 9.97 Å². The minimum Gasteiger partial charge on any atom is -0.354 e. The third-order valence-electron chi connectivity index (χ3n) is 4.51. The van der Waals surface area contributed by atoms with Gasteiger partial charge in [0.25, 0.3) is 5.91 Å². The summed E-state index contributed by atoms with van der Waals surface area (Å²) in [6.07, 6.45) is 3.55. The normalized spacial score (nSPS) is 10.4. The van der Waals surface area contributed by atoms with Gasteiger partial charge in [-0.2, -0.15) is 0 Å². The van der Waals surface area contributed by atoms with E-state index in [2.05, 4.69) is 32.7 Å². The number of hydrogen-bond donors (Lipinski definition) is 2. The Balaban J connectivity index is 1.56. The van der Waals surface area contributed by atoms with E-state index >= 15 is 0 Å². The Morgan fingerprint density at radius 1 is 1.00 bits per heavy atom. The summed E-state index contributed by atoms with van der Waals surface area (Å²) in [4.78, 5) is 21.0. The Morgan fingerprint density at radius 2 is 1.81 bits per heavy atom. The van der Waals surface area contributed by atoms with Crippen LogP contribution < -0.4 is 10.6 Å². The van der Waals surface area contributed by atoms with E-state index < -0.39 is 0 Å². The zero-order valence-electron chi connectivity index (χ0n) is 15.7. The fraction of sp³-hybridized carbons (Fsp3) is 0.227. The van der Waals surface area contributed by atoms with Crippen LogP contribution in [0.1, 0.15) is 33.6 Å². The number of carbonyl (C=O) groups is 1. The predicted molar refractivity (Wildman–Crippen MR) is 109 cm³/mol. The van der Waals surface area contributed by atoms with Gasteiger partial charge in [0.2, 0.25) is 5.95 Å². The summed E-state index contributed by atoms with van der Waals surface area (Å²) in [6.45, 7) is 4.76. The lowest BCUT2D eigenvalue weighted by Gasteiger charge is -2.10. The van der Waals surface area contributed by atoms with Crippen LogP contribution in [0.25, 0.3) is 0 Å². The number of nitrogens with zero attached hydrogens (tertiary/aromatic N) is 2. The number of hydrogen-bond acceptors (Lipinski definition) is 4. The largest absolute Gasteiger partial charge is 0.354 e. The highest BCUT2D eigenvalue weighted by atomic mass is 16.1. The first kappa shape index (κ1) is 18.6. The van der Waals surface area contributed by atoms with E-state index in [-0.39, 0.29) is 5.91 Å². The number of anilines is 2. The van der Waals surface area contributed by atoms with Crippen LogP contribution in [-0.4, -0.2) is 22.4 Å². The molecule has 0 bridgehead atoms. The number of aryl methyl sites for hydroxylation is 2. The van der Waals surface area contributed by atoms with Crippen LogP contribution in [0.2, 0.25) is 0 Å². The van der Waals surface area contributed by atoms with Crippen molar-refractivity contribution in [3.8, 4) is 0 Å². The first-order valence-electron chi connectivity index (χ1n) is 9.12. The molecule has 0 saturated heterocycles. The third-order valence-corrected chi connectivity index (χ3v) is 4.51. The predicted octanol–water partition coefficient (Wildman–Crippen LogP) is 4.39. The summed E-state index contributed by atoms with van der Waals surface area (Å²) >= 11 is 0. The molecule has 0 aliphatic heterocycles. The molecule has 0 unspecified atom stereocenters. The van der Waals surface area contributed by atoms with Crippen molar-refractivity contribution in [2.45, 2.75) is 26.7 Å². The molecule has 1 aromatic heterocycles. The van der Waals surface area contributed by atoms with Gasteiger partial charge in [0.1, 0.15) is 5.69 Å². The first-order chi connectivity index (χ1) is 13.1. The van der Waals surface area contributed by atoms with E-state index in [1.165, 1.54) is 5.56 Å². The van der Waals surface area contributed by atoms with E-state index in [1.807, 2.05) is 50.2 Å². The molecule has 0 aliphatic carbocycles. The molecule has 3 aromatic rings. The Kier molecular flexibility index (Phi) is 6.15. The molecule has 0 atom stereocenters. The van der Waals surface area contributed by atoms with Crippen molar-refractivity contribution in [3.05, 3.63) is 83.2 Å². The van der Waals surface area contributed by atoms with Crippen LogP contribution in [-0.2, 0) is 6.42 Å². The van der Waals surface area contributed by atoms with Crippen molar-refractivity contribution in [1.82, 2.24) is 9.97 Å². The van der Waals surface area contributed by atoms with E-state index in [4.69, 9.17) is 0 Å². The van der Waals surface area contributed by atoms with Gasteiger partial charge >= 0.3 is 0 Å². The van der Waals surface area contributed by atoms with Gasteiger partial charge < -0.3 is 10.6 Å². The van der Waals surface area contributed by atoms with Crippen LogP contribution in [0.15, 0.2) is 60.8 Å². The van der Waals surface area contributed by atoms with Crippen molar-refractivity contribution in [2.24, 2.45) is 0 Å². The highest BCUT2D eigenvalue weighted by molar-refractivity contribution is 6.03. The van der Waals surface area contributed by atoms with Crippen LogP contribution in [0.4, 0.5) is 11.6 Å². The average Bonchev–Trinajstić information content (AvgIpc) is 2.70.